The molecule has 2 heterocycles. The number of halogens is 4. The van der Waals surface area contributed by atoms with Gasteiger partial charge in [-0.3, -0.25) is 4.79 Å². The van der Waals surface area contributed by atoms with Gasteiger partial charge in [0.1, 0.15) is 5.82 Å². The van der Waals surface area contributed by atoms with Crippen LogP contribution in [0.5, 0.6) is 5.75 Å². The Morgan fingerprint density at radius 2 is 1.97 bits per heavy atom. The number of anilines is 2. The monoisotopic (exact) mass is 422 g/mol. The second-order valence-electron chi connectivity index (χ2n) is 6.47. The smallest absolute Gasteiger partial charge is 0.418 e. The van der Waals surface area contributed by atoms with E-state index in [1.54, 1.807) is 0 Å². The molecule has 0 radical (unpaired) electrons. The number of ether oxygens (including phenoxy) is 1. The van der Waals surface area contributed by atoms with Crippen LogP contribution in [0.15, 0.2) is 30.5 Å². The molecule has 0 aliphatic carbocycles. The number of amides is 1. The van der Waals surface area contributed by atoms with Crippen molar-refractivity contribution in [2.45, 2.75) is 6.18 Å². The van der Waals surface area contributed by atoms with Crippen LogP contribution in [0.3, 0.4) is 0 Å². The molecule has 7 nitrogen and oxygen atoms in total. The van der Waals surface area contributed by atoms with Crippen molar-refractivity contribution in [2.75, 3.05) is 23.7 Å². The van der Waals surface area contributed by atoms with Crippen molar-refractivity contribution in [1.29, 1.82) is 0 Å². The Hall–Kier alpha value is -3.60. The van der Waals surface area contributed by atoms with Crippen molar-refractivity contribution in [3.8, 4) is 17.0 Å². The lowest BCUT2D eigenvalue weighted by Crippen LogP contribution is -2.28. The Balaban J connectivity index is 1.94. The number of nitrogens with one attached hydrogen (secondary N) is 3. The molecule has 3 aromatic rings. The van der Waals surface area contributed by atoms with Crippen molar-refractivity contribution >= 4 is 34.0 Å². The maximum atomic E-state index is 14.6. The van der Waals surface area contributed by atoms with Gasteiger partial charge in [-0.2, -0.15) is 13.2 Å². The Morgan fingerprint density at radius 1 is 1.20 bits per heavy atom. The summed E-state index contributed by atoms with van der Waals surface area (Å²) in [6.45, 7) is 0.508. The lowest BCUT2D eigenvalue weighted by atomic mass is 9.95. The van der Waals surface area contributed by atoms with Crippen molar-refractivity contribution in [1.82, 2.24) is 4.98 Å². The number of nitrogens with two attached hydrogens (primary N) is 1. The summed E-state index contributed by atoms with van der Waals surface area (Å²) >= 11 is 0. The summed E-state index contributed by atoms with van der Waals surface area (Å²) in [5.41, 5.74) is 6.30. The number of carbonyl (C=O) groups is 2. The first-order valence-electron chi connectivity index (χ1n) is 8.73. The summed E-state index contributed by atoms with van der Waals surface area (Å²) < 4.78 is 57.0. The fourth-order valence-electron chi connectivity index (χ4n) is 3.40. The zero-order chi connectivity index (χ0) is 21.6. The van der Waals surface area contributed by atoms with Crippen LogP contribution >= 0.6 is 0 Å². The van der Waals surface area contributed by atoms with Gasteiger partial charge in [0.25, 0.3) is 5.91 Å². The number of aromatic nitrogens is 1. The molecule has 0 unspecified atom stereocenters. The van der Waals surface area contributed by atoms with Gasteiger partial charge in [-0.05, 0) is 24.3 Å². The number of benzene rings is 2. The van der Waals surface area contributed by atoms with E-state index < -0.39 is 29.6 Å². The zero-order valence-corrected chi connectivity index (χ0v) is 15.1. The molecule has 156 valence electrons. The zero-order valence-electron chi connectivity index (χ0n) is 15.1. The number of hydrogen-bond acceptors (Lipinski definition) is 5. The quantitative estimate of drug-likeness (QED) is 0.372. The minimum Gasteiger partial charge on any atom is -0.418 e. The number of hydrogen-bond donors (Lipinski definition) is 4. The summed E-state index contributed by atoms with van der Waals surface area (Å²) in [6, 6.07) is 5.12. The van der Waals surface area contributed by atoms with Crippen LogP contribution < -0.4 is 21.1 Å². The molecule has 1 amide bonds. The third kappa shape index (κ3) is 3.12. The SMILES string of the molecule is NCCNc1cc(-c2[nH]ccc2OC(=O)C(F)(F)F)c2c3c(ccc(F)c13)NC2=O. The highest BCUT2D eigenvalue weighted by Crippen LogP contribution is 2.45. The number of aromatic amines is 1. The van der Waals surface area contributed by atoms with E-state index in [0.717, 1.165) is 6.07 Å². The van der Waals surface area contributed by atoms with Gasteiger partial charge in [0, 0.05) is 47.0 Å². The maximum absolute atomic E-state index is 14.6. The first kappa shape index (κ1) is 19.7. The van der Waals surface area contributed by atoms with Crippen molar-refractivity contribution in [3.63, 3.8) is 0 Å². The highest BCUT2D eigenvalue weighted by atomic mass is 19.4. The van der Waals surface area contributed by atoms with Gasteiger partial charge in [-0.25, -0.2) is 9.18 Å². The summed E-state index contributed by atoms with van der Waals surface area (Å²) in [7, 11) is 0. The van der Waals surface area contributed by atoms with Crippen molar-refractivity contribution in [2.24, 2.45) is 5.73 Å². The molecule has 0 saturated heterocycles. The average molecular weight is 422 g/mol. The van der Waals surface area contributed by atoms with E-state index in [1.807, 2.05) is 0 Å². The van der Waals surface area contributed by atoms with E-state index in [9.17, 15) is 27.2 Å². The van der Waals surface area contributed by atoms with E-state index in [1.165, 1.54) is 24.4 Å². The molecule has 0 spiro atoms. The second kappa shape index (κ2) is 7.02. The largest absolute Gasteiger partial charge is 0.491 e. The summed E-state index contributed by atoms with van der Waals surface area (Å²) in [4.78, 5) is 26.6. The first-order chi connectivity index (χ1) is 14.2. The van der Waals surface area contributed by atoms with E-state index in [2.05, 4.69) is 20.4 Å². The number of rotatable bonds is 5. The number of esters is 1. The van der Waals surface area contributed by atoms with E-state index in [-0.39, 0.29) is 46.4 Å². The number of carbonyl (C=O) groups excluding carboxylic acids is 2. The minimum atomic E-state index is -5.20. The van der Waals surface area contributed by atoms with E-state index >= 15 is 0 Å². The van der Waals surface area contributed by atoms with Crippen molar-refractivity contribution in [3.05, 3.63) is 41.8 Å². The highest BCUT2D eigenvalue weighted by molar-refractivity contribution is 6.29. The Kier molecular flexibility index (Phi) is 4.61. The number of H-pyrrole nitrogens is 1. The maximum Gasteiger partial charge on any atom is 0.491 e. The standard InChI is InChI=1S/C19H14F4N4O3/c20-9-1-2-10-15-13(17(28)27-10)8(7-11(14(9)15)25-6-4-24)16-12(3-5-26-16)30-18(29)19(21,22)23/h1-3,5,7,25-26H,4,6,24H2,(H,27,28). The summed E-state index contributed by atoms with van der Waals surface area (Å²) in [5.74, 6) is -3.98. The molecule has 4 rings (SSSR count). The van der Waals surface area contributed by atoms with Crippen LogP contribution in [0.2, 0.25) is 0 Å². The molecule has 0 fully saturated rings. The third-order valence-electron chi connectivity index (χ3n) is 4.58. The molecular formula is C19H14F4N4O3. The van der Waals surface area contributed by atoms with Crippen LogP contribution in [-0.4, -0.2) is 36.1 Å². The van der Waals surface area contributed by atoms with Gasteiger partial charge in [0.05, 0.1) is 11.3 Å². The van der Waals surface area contributed by atoms with Gasteiger partial charge in [0.2, 0.25) is 0 Å². The molecule has 30 heavy (non-hydrogen) atoms. The molecule has 0 saturated carbocycles. The molecule has 0 bridgehead atoms. The molecule has 2 aromatic carbocycles. The predicted octanol–water partition coefficient (Wildman–Crippen LogP) is 3.38. The van der Waals surface area contributed by atoms with Gasteiger partial charge in [-0.1, -0.05) is 0 Å². The van der Waals surface area contributed by atoms with E-state index in [0.29, 0.717) is 5.69 Å². The molecule has 0 atom stereocenters. The van der Waals surface area contributed by atoms with E-state index in [4.69, 9.17) is 5.73 Å². The predicted molar refractivity (Wildman–Crippen MR) is 101 cm³/mol. The van der Waals surface area contributed by atoms with Crippen LogP contribution in [0.1, 0.15) is 10.4 Å². The van der Waals surface area contributed by atoms with Crippen LogP contribution in [0.25, 0.3) is 22.0 Å². The lowest BCUT2D eigenvalue weighted by Gasteiger charge is -2.15. The summed E-state index contributed by atoms with van der Waals surface area (Å²) in [5, 5.41) is 5.97. The molecule has 1 aliphatic heterocycles. The third-order valence-corrected chi connectivity index (χ3v) is 4.58. The van der Waals surface area contributed by atoms with Gasteiger partial charge in [0.15, 0.2) is 5.75 Å². The molecule has 1 aromatic heterocycles. The highest BCUT2D eigenvalue weighted by Gasteiger charge is 2.42. The average Bonchev–Trinajstić information content (AvgIpc) is 3.27. The number of alkyl halides is 3. The molecule has 5 N–H and O–H groups in total. The van der Waals surface area contributed by atoms with Crippen LogP contribution in [0, 0.1) is 5.82 Å². The van der Waals surface area contributed by atoms with Gasteiger partial charge < -0.3 is 26.1 Å². The topological polar surface area (TPSA) is 109 Å². The van der Waals surface area contributed by atoms with Crippen molar-refractivity contribution < 1.29 is 31.9 Å². The normalized spacial score (nSPS) is 12.9. The van der Waals surface area contributed by atoms with Gasteiger partial charge >= 0.3 is 12.1 Å². The molecular weight excluding hydrogens is 408 g/mol. The molecule has 1 aliphatic rings. The summed E-state index contributed by atoms with van der Waals surface area (Å²) in [6.07, 6.45) is -3.94. The fourth-order valence-corrected chi connectivity index (χ4v) is 3.40. The Bertz CT molecular complexity index is 1190. The minimum absolute atomic E-state index is 0.0347. The molecule has 11 heteroatoms. The fraction of sp³-hybridized carbons (Fsp3) is 0.158. The lowest BCUT2D eigenvalue weighted by molar-refractivity contribution is -0.189. The van der Waals surface area contributed by atoms with Gasteiger partial charge in [-0.15, -0.1) is 0 Å². The van der Waals surface area contributed by atoms with Crippen LogP contribution in [-0.2, 0) is 4.79 Å². The first-order valence-corrected chi connectivity index (χ1v) is 8.73. The Labute approximate surface area is 166 Å². The Morgan fingerprint density at radius 3 is 2.67 bits per heavy atom. The second-order valence-corrected chi connectivity index (χ2v) is 6.47. The van der Waals surface area contributed by atoms with Crippen LogP contribution in [0.4, 0.5) is 28.9 Å².